The van der Waals surface area contributed by atoms with Crippen molar-refractivity contribution >= 4 is 5.69 Å². The zero-order valence-electron chi connectivity index (χ0n) is 14.0. The van der Waals surface area contributed by atoms with Crippen LogP contribution < -0.4 is 4.90 Å². The number of oxazole rings is 1. The molecule has 0 unspecified atom stereocenters. The first-order valence-electron chi connectivity index (χ1n) is 8.55. The number of aromatic nitrogens is 1. The van der Waals surface area contributed by atoms with Crippen LogP contribution in [-0.2, 0) is 6.54 Å². The summed E-state index contributed by atoms with van der Waals surface area (Å²) in [6.45, 7) is 9.20. The molecule has 2 aliphatic rings. The lowest BCUT2D eigenvalue weighted by molar-refractivity contribution is 0.0247. The Kier molecular flexibility index (Phi) is 4.24. The Morgan fingerprint density at radius 3 is 2.46 bits per heavy atom. The maximum absolute atomic E-state index is 13.0. The zero-order chi connectivity index (χ0) is 16.5. The van der Waals surface area contributed by atoms with Crippen molar-refractivity contribution in [2.24, 2.45) is 0 Å². The van der Waals surface area contributed by atoms with E-state index in [1.54, 1.807) is 0 Å². The van der Waals surface area contributed by atoms with Crippen LogP contribution in [0.1, 0.15) is 11.5 Å². The van der Waals surface area contributed by atoms with Crippen LogP contribution in [-0.4, -0.2) is 60.1 Å². The van der Waals surface area contributed by atoms with Crippen LogP contribution in [0.2, 0.25) is 0 Å². The van der Waals surface area contributed by atoms with E-state index in [1.807, 2.05) is 19.1 Å². The second-order valence-corrected chi connectivity index (χ2v) is 6.70. The average molecular weight is 330 g/mol. The Morgan fingerprint density at radius 2 is 1.83 bits per heavy atom. The van der Waals surface area contributed by atoms with Gasteiger partial charge in [0.05, 0.1) is 5.69 Å². The van der Waals surface area contributed by atoms with Gasteiger partial charge in [0.1, 0.15) is 11.6 Å². The Morgan fingerprint density at radius 1 is 1.12 bits per heavy atom. The number of halogens is 1. The molecule has 24 heavy (non-hydrogen) atoms. The van der Waals surface area contributed by atoms with Crippen LogP contribution in [0.3, 0.4) is 0 Å². The van der Waals surface area contributed by atoms with Crippen molar-refractivity contribution in [2.75, 3.05) is 44.2 Å². The molecule has 2 aromatic rings. The summed E-state index contributed by atoms with van der Waals surface area (Å²) in [6, 6.07) is 7.47. The maximum atomic E-state index is 13.0. The lowest BCUT2D eigenvalue weighted by Crippen LogP contribution is -2.62. The second kappa shape index (κ2) is 6.53. The van der Waals surface area contributed by atoms with Crippen molar-refractivity contribution < 1.29 is 8.81 Å². The third-order valence-corrected chi connectivity index (χ3v) is 5.18. The molecular formula is C18H23FN4O. The normalized spacial score (nSPS) is 20.3. The number of likely N-dealkylation sites (tertiary alicyclic amines) is 1. The lowest BCUT2D eigenvalue weighted by atomic mass is 10.1. The van der Waals surface area contributed by atoms with Gasteiger partial charge in [-0.25, -0.2) is 9.37 Å². The fourth-order valence-electron chi connectivity index (χ4n) is 3.59. The minimum atomic E-state index is -0.172. The fourth-order valence-corrected chi connectivity index (χ4v) is 3.59. The Labute approximate surface area is 141 Å². The summed E-state index contributed by atoms with van der Waals surface area (Å²) in [5.41, 5.74) is 2.17. The smallest absolute Gasteiger partial charge is 0.181 e. The number of anilines is 1. The topological polar surface area (TPSA) is 35.8 Å². The van der Waals surface area contributed by atoms with Crippen LogP contribution in [0.15, 0.2) is 35.1 Å². The monoisotopic (exact) mass is 330 g/mol. The molecule has 6 heteroatoms. The van der Waals surface area contributed by atoms with Crippen molar-refractivity contribution in [3.05, 3.63) is 47.9 Å². The summed E-state index contributed by atoms with van der Waals surface area (Å²) >= 11 is 0. The van der Waals surface area contributed by atoms with E-state index in [4.69, 9.17) is 4.42 Å². The molecule has 0 atom stereocenters. The molecule has 0 amide bonds. The molecule has 0 aliphatic carbocycles. The van der Waals surface area contributed by atoms with Crippen molar-refractivity contribution in [1.29, 1.82) is 0 Å². The first-order chi connectivity index (χ1) is 11.7. The first-order valence-corrected chi connectivity index (χ1v) is 8.55. The van der Waals surface area contributed by atoms with Gasteiger partial charge in [0.25, 0.3) is 0 Å². The average Bonchev–Trinajstić information content (AvgIpc) is 2.97. The molecule has 4 rings (SSSR count). The quantitative estimate of drug-likeness (QED) is 0.858. The molecular weight excluding hydrogens is 307 g/mol. The summed E-state index contributed by atoms with van der Waals surface area (Å²) in [5.74, 6) is 0.751. The standard InChI is InChI=1S/C18H23FN4O/c1-14-18(20-13-24-14)12-21-10-17(11-21)23-8-6-22(7-9-23)16-4-2-15(19)3-5-16/h2-5,13,17H,6-12H2,1H3. The summed E-state index contributed by atoms with van der Waals surface area (Å²) in [4.78, 5) is 11.6. The summed E-state index contributed by atoms with van der Waals surface area (Å²) in [5, 5.41) is 0. The molecule has 0 bridgehead atoms. The van der Waals surface area contributed by atoms with E-state index in [-0.39, 0.29) is 5.82 Å². The number of hydrogen-bond acceptors (Lipinski definition) is 5. The van der Waals surface area contributed by atoms with Gasteiger partial charge in [0, 0.05) is 57.5 Å². The Hall–Kier alpha value is -1.92. The molecule has 0 radical (unpaired) electrons. The molecule has 128 valence electrons. The van der Waals surface area contributed by atoms with Crippen LogP contribution in [0.5, 0.6) is 0 Å². The van der Waals surface area contributed by atoms with E-state index in [9.17, 15) is 4.39 Å². The van der Waals surface area contributed by atoms with Gasteiger partial charge < -0.3 is 9.32 Å². The number of piperazine rings is 1. The largest absolute Gasteiger partial charge is 0.448 e. The van der Waals surface area contributed by atoms with Crippen molar-refractivity contribution in [3.8, 4) is 0 Å². The lowest BCUT2D eigenvalue weighted by Gasteiger charge is -2.48. The molecule has 1 aromatic carbocycles. The molecule has 2 fully saturated rings. The number of benzene rings is 1. The van der Waals surface area contributed by atoms with Gasteiger partial charge in [0.15, 0.2) is 6.39 Å². The van der Waals surface area contributed by atoms with Gasteiger partial charge >= 0.3 is 0 Å². The maximum Gasteiger partial charge on any atom is 0.181 e. The van der Waals surface area contributed by atoms with Crippen molar-refractivity contribution in [3.63, 3.8) is 0 Å². The fraction of sp³-hybridized carbons (Fsp3) is 0.500. The third-order valence-electron chi connectivity index (χ3n) is 5.18. The second-order valence-electron chi connectivity index (χ2n) is 6.70. The molecule has 1 aromatic heterocycles. The highest BCUT2D eigenvalue weighted by Crippen LogP contribution is 2.22. The van der Waals surface area contributed by atoms with Crippen molar-refractivity contribution in [2.45, 2.75) is 19.5 Å². The van der Waals surface area contributed by atoms with Gasteiger partial charge in [-0.1, -0.05) is 0 Å². The minimum absolute atomic E-state index is 0.172. The Balaban J connectivity index is 1.24. The molecule has 5 nitrogen and oxygen atoms in total. The molecule has 2 saturated heterocycles. The SMILES string of the molecule is Cc1ocnc1CN1CC(N2CCN(c3ccc(F)cc3)CC2)C1. The van der Waals surface area contributed by atoms with Gasteiger partial charge in [-0.3, -0.25) is 9.80 Å². The summed E-state index contributed by atoms with van der Waals surface area (Å²) in [7, 11) is 0. The molecule has 3 heterocycles. The number of nitrogens with zero attached hydrogens (tertiary/aromatic N) is 4. The van der Waals surface area contributed by atoms with E-state index < -0.39 is 0 Å². The van der Waals surface area contributed by atoms with E-state index in [0.29, 0.717) is 6.04 Å². The van der Waals surface area contributed by atoms with Gasteiger partial charge in [-0.15, -0.1) is 0 Å². The molecule has 0 saturated carbocycles. The number of rotatable bonds is 4. The van der Waals surface area contributed by atoms with E-state index in [1.165, 1.54) is 18.5 Å². The zero-order valence-corrected chi connectivity index (χ0v) is 14.0. The van der Waals surface area contributed by atoms with E-state index in [2.05, 4.69) is 19.7 Å². The Bertz CT molecular complexity index is 673. The van der Waals surface area contributed by atoms with Crippen LogP contribution >= 0.6 is 0 Å². The predicted octanol–water partition coefficient (Wildman–Crippen LogP) is 2.13. The molecule has 0 spiro atoms. The van der Waals surface area contributed by atoms with Gasteiger partial charge in [0.2, 0.25) is 0 Å². The van der Waals surface area contributed by atoms with Gasteiger partial charge in [-0.2, -0.15) is 0 Å². The van der Waals surface area contributed by atoms with Crippen molar-refractivity contribution in [1.82, 2.24) is 14.8 Å². The van der Waals surface area contributed by atoms with Crippen LogP contribution in [0, 0.1) is 12.7 Å². The summed E-state index contributed by atoms with van der Waals surface area (Å²) < 4.78 is 18.3. The van der Waals surface area contributed by atoms with E-state index >= 15 is 0 Å². The van der Waals surface area contributed by atoms with Gasteiger partial charge in [-0.05, 0) is 31.2 Å². The van der Waals surface area contributed by atoms with Crippen LogP contribution in [0.4, 0.5) is 10.1 Å². The van der Waals surface area contributed by atoms with E-state index in [0.717, 1.165) is 63.0 Å². The number of hydrogen-bond donors (Lipinski definition) is 0. The highest BCUT2D eigenvalue weighted by Gasteiger charge is 2.33. The minimum Gasteiger partial charge on any atom is -0.448 e. The molecule has 2 aliphatic heterocycles. The third kappa shape index (κ3) is 3.16. The number of aryl methyl sites for hydroxylation is 1. The first kappa shape index (κ1) is 15.6. The summed E-state index contributed by atoms with van der Waals surface area (Å²) in [6.07, 6.45) is 1.52. The predicted molar refractivity (Wildman–Crippen MR) is 90.5 cm³/mol. The highest BCUT2D eigenvalue weighted by atomic mass is 19.1. The van der Waals surface area contributed by atoms with Crippen LogP contribution in [0.25, 0.3) is 0 Å². The molecule has 0 N–H and O–H groups in total. The highest BCUT2D eigenvalue weighted by molar-refractivity contribution is 5.46.